The molecule has 1 N–H and O–H groups in total. The van der Waals surface area contributed by atoms with Crippen LogP contribution in [-0.2, 0) is 14.3 Å². The molecular weight excluding hydrogens is 422 g/mol. The number of Topliss-reactive ketones (excluding diaryl/α,β-unsaturated/α-hetero) is 1. The number of carbonyl (C=O) groups excluding carboxylic acids is 2. The van der Waals surface area contributed by atoms with Crippen LogP contribution in [0.2, 0.25) is 0 Å². The fourth-order valence-electron chi connectivity index (χ4n) is 4.96. The first-order valence-electron chi connectivity index (χ1n) is 10.9. The number of fused-ring (bicyclic) bond motifs is 1. The smallest absolute Gasteiger partial charge is 0.336 e. The summed E-state index contributed by atoms with van der Waals surface area (Å²) in [7, 11) is 2.98. The molecule has 0 fully saturated rings. The summed E-state index contributed by atoms with van der Waals surface area (Å²) in [4.78, 5) is 26.4. The Kier molecular flexibility index (Phi) is 5.32. The van der Waals surface area contributed by atoms with Gasteiger partial charge in [0.15, 0.2) is 17.3 Å². The van der Waals surface area contributed by atoms with Gasteiger partial charge in [0.25, 0.3) is 0 Å². The van der Waals surface area contributed by atoms with Crippen LogP contribution in [0.25, 0.3) is 0 Å². The van der Waals surface area contributed by atoms with Crippen LogP contribution < -0.4 is 19.5 Å². The van der Waals surface area contributed by atoms with Crippen LogP contribution in [-0.4, -0.2) is 32.8 Å². The van der Waals surface area contributed by atoms with Crippen molar-refractivity contribution >= 4 is 11.8 Å². The summed E-state index contributed by atoms with van der Waals surface area (Å²) in [5.41, 5.74) is 4.46. The van der Waals surface area contributed by atoms with Crippen molar-refractivity contribution in [3.05, 3.63) is 76.1 Å². The molecule has 1 aliphatic carbocycles. The van der Waals surface area contributed by atoms with Crippen LogP contribution in [0.4, 0.5) is 0 Å². The van der Waals surface area contributed by atoms with Crippen LogP contribution in [0.1, 0.15) is 42.7 Å². The highest BCUT2D eigenvalue weighted by Gasteiger charge is 2.41. The number of hydrogen-bond donors (Lipinski definition) is 1. The Bertz CT molecular complexity index is 1190. The minimum atomic E-state index is -0.535. The zero-order chi connectivity index (χ0) is 23.1. The van der Waals surface area contributed by atoms with Crippen LogP contribution in [0, 0.1) is 0 Å². The zero-order valence-electron chi connectivity index (χ0n) is 18.8. The maximum Gasteiger partial charge on any atom is 0.336 e. The summed E-state index contributed by atoms with van der Waals surface area (Å²) in [5.74, 6) is 1.10. The lowest BCUT2D eigenvalue weighted by Crippen LogP contribution is -2.36. The lowest BCUT2D eigenvalue weighted by molar-refractivity contribution is -0.136. The Morgan fingerprint density at radius 1 is 1.00 bits per heavy atom. The van der Waals surface area contributed by atoms with Gasteiger partial charge in [-0.15, -0.1) is 0 Å². The molecule has 0 aromatic heterocycles. The fourth-order valence-corrected chi connectivity index (χ4v) is 4.96. The Labute approximate surface area is 192 Å². The Morgan fingerprint density at radius 2 is 1.73 bits per heavy atom. The first-order chi connectivity index (χ1) is 16.0. The quantitative estimate of drug-likeness (QED) is 0.711. The number of dihydropyridines is 1. The monoisotopic (exact) mass is 447 g/mol. The number of allylic oxidation sites excluding steroid dienone is 3. The van der Waals surface area contributed by atoms with Gasteiger partial charge in [-0.25, -0.2) is 4.79 Å². The van der Waals surface area contributed by atoms with Gasteiger partial charge >= 0.3 is 5.97 Å². The van der Waals surface area contributed by atoms with E-state index in [9.17, 15) is 9.59 Å². The highest BCUT2D eigenvalue weighted by molar-refractivity contribution is 6.04. The number of ketones is 1. The second-order valence-corrected chi connectivity index (χ2v) is 8.39. The van der Waals surface area contributed by atoms with Crippen molar-refractivity contribution in [2.75, 3.05) is 21.0 Å². The topological polar surface area (TPSA) is 83.1 Å². The molecule has 170 valence electrons. The maximum atomic E-state index is 13.6. The normalized spacial score (nSPS) is 21.5. The molecule has 0 bridgehead atoms. The second-order valence-electron chi connectivity index (χ2n) is 8.39. The van der Waals surface area contributed by atoms with Crippen molar-refractivity contribution in [1.82, 2.24) is 5.32 Å². The van der Waals surface area contributed by atoms with E-state index in [1.54, 1.807) is 7.11 Å². The molecule has 2 heterocycles. The summed E-state index contributed by atoms with van der Waals surface area (Å²) < 4.78 is 21.3. The molecule has 0 spiro atoms. The third-order valence-electron chi connectivity index (χ3n) is 6.55. The van der Waals surface area contributed by atoms with Gasteiger partial charge in [0, 0.05) is 29.3 Å². The molecule has 2 atom stereocenters. The van der Waals surface area contributed by atoms with Crippen molar-refractivity contribution in [3.8, 4) is 17.2 Å². The minimum Gasteiger partial charge on any atom is -0.497 e. The summed E-state index contributed by atoms with van der Waals surface area (Å²) in [6, 6.07) is 13.4. The maximum absolute atomic E-state index is 13.6. The summed E-state index contributed by atoms with van der Waals surface area (Å²) in [5, 5.41) is 3.35. The van der Waals surface area contributed by atoms with E-state index in [4.69, 9.17) is 18.9 Å². The van der Waals surface area contributed by atoms with Crippen LogP contribution >= 0.6 is 0 Å². The molecule has 0 unspecified atom stereocenters. The van der Waals surface area contributed by atoms with E-state index < -0.39 is 11.9 Å². The fraction of sp³-hybridized carbons (Fsp3) is 0.308. The van der Waals surface area contributed by atoms with Crippen LogP contribution in [0.5, 0.6) is 17.2 Å². The van der Waals surface area contributed by atoms with E-state index in [0.29, 0.717) is 41.2 Å². The lowest BCUT2D eigenvalue weighted by atomic mass is 9.71. The predicted molar refractivity (Wildman–Crippen MR) is 120 cm³/mol. The number of hydrogen-bond acceptors (Lipinski definition) is 7. The molecule has 7 nitrogen and oxygen atoms in total. The van der Waals surface area contributed by atoms with Gasteiger partial charge in [-0.1, -0.05) is 18.2 Å². The third kappa shape index (κ3) is 3.63. The Morgan fingerprint density at radius 3 is 2.45 bits per heavy atom. The van der Waals surface area contributed by atoms with E-state index >= 15 is 0 Å². The molecule has 2 aromatic carbocycles. The minimum absolute atomic E-state index is 0.0149. The zero-order valence-corrected chi connectivity index (χ0v) is 18.8. The van der Waals surface area contributed by atoms with Crippen LogP contribution in [0.3, 0.4) is 0 Å². The van der Waals surface area contributed by atoms with Gasteiger partial charge in [-0.2, -0.15) is 0 Å². The third-order valence-corrected chi connectivity index (χ3v) is 6.55. The van der Waals surface area contributed by atoms with Crippen molar-refractivity contribution in [1.29, 1.82) is 0 Å². The van der Waals surface area contributed by atoms with E-state index in [0.717, 1.165) is 22.6 Å². The molecule has 3 aliphatic rings. The molecule has 2 aliphatic heterocycles. The molecule has 0 amide bonds. The van der Waals surface area contributed by atoms with Gasteiger partial charge in [0.2, 0.25) is 6.79 Å². The highest BCUT2D eigenvalue weighted by atomic mass is 16.7. The molecule has 0 saturated carbocycles. The second kappa shape index (κ2) is 8.31. The first-order valence-corrected chi connectivity index (χ1v) is 10.9. The number of benzene rings is 2. The van der Waals surface area contributed by atoms with Gasteiger partial charge in [-0.05, 0) is 54.7 Å². The van der Waals surface area contributed by atoms with E-state index in [2.05, 4.69) is 5.32 Å². The van der Waals surface area contributed by atoms with Gasteiger partial charge in [0.05, 0.1) is 19.8 Å². The molecule has 0 radical (unpaired) electrons. The SMILES string of the molecule is COC(=O)C1=C(C)NC2=C(C(=O)C[C@@H](c3ccc(OC)cc3)C2)[C@@H]1c1ccc2c(c1)OCO2. The number of carbonyl (C=O) groups is 2. The van der Waals surface area contributed by atoms with E-state index in [1.165, 1.54) is 7.11 Å². The molecular formula is C26H25NO6. The summed E-state index contributed by atoms with van der Waals surface area (Å²) in [6.45, 7) is 2.00. The van der Waals surface area contributed by atoms with Crippen molar-refractivity contribution in [2.24, 2.45) is 0 Å². The first kappa shape index (κ1) is 21.1. The van der Waals surface area contributed by atoms with Gasteiger partial charge in [-0.3, -0.25) is 4.79 Å². The number of rotatable bonds is 4. The van der Waals surface area contributed by atoms with E-state index in [-0.39, 0.29) is 18.5 Å². The molecule has 7 heteroatoms. The average Bonchev–Trinajstić information content (AvgIpc) is 3.30. The van der Waals surface area contributed by atoms with Crippen molar-refractivity contribution in [2.45, 2.75) is 31.6 Å². The molecule has 5 rings (SSSR count). The Balaban J connectivity index is 1.57. The highest BCUT2D eigenvalue weighted by Crippen LogP contribution is 2.47. The van der Waals surface area contributed by atoms with Crippen molar-refractivity contribution in [3.63, 3.8) is 0 Å². The molecule has 2 aromatic rings. The number of esters is 1. The molecule has 0 saturated heterocycles. The summed E-state index contributed by atoms with van der Waals surface area (Å²) >= 11 is 0. The standard InChI is InChI=1S/C26H25NO6/c1-14-23(26(29)31-3)24(16-6-9-21-22(12-16)33-13-32-21)25-19(27-14)10-17(11-20(25)28)15-4-7-18(30-2)8-5-15/h4-9,12,17,24,27H,10-11,13H2,1-3H3/t17-,24+/m0/s1. The van der Waals surface area contributed by atoms with Crippen molar-refractivity contribution < 1.29 is 28.5 Å². The molecule has 33 heavy (non-hydrogen) atoms. The van der Waals surface area contributed by atoms with Gasteiger partial charge in [0.1, 0.15) is 5.75 Å². The lowest BCUT2D eigenvalue weighted by Gasteiger charge is -2.36. The largest absolute Gasteiger partial charge is 0.497 e. The average molecular weight is 447 g/mol. The number of ether oxygens (including phenoxy) is 4. The predicted octanol–water partition coefficient (Wildman–Crippen LogP) is 3.96. The number of methoxy groups -OCH3 is 2. The van der Waals surface area contributed by atoms with Gasteiger partial charge < -0.3 is 24.3 Å². The van der Waals surface area contributed by atoms with Crippen LogP contribution in [0.15, 0.2) is 65.0 Å². The Hall–Kier alpha value is -3.74. The summed E-state index contributed by atoms with van der Waals surface area (Å²) in [6.07, 6.45) is 1.03. The number of nitrogens with one attached hydrogen (secondary N) is 1. The van der Waals surface area contributed by atoms with E-state index in [1.807, 2.05) is 49.4 Å².